The molecule has 3 rings (SSSR count). The maximum Gasteiger partial charge on any atom is 0.270 e. The number of fused-ring (bicyclic) bond motifs is 1. The van der Waals surface area contributed by atoms with Gasteiger partial charge < -0.3 is 9.47 Å². The molecule has 4 heteroatoms. The monoisotopic (exact) mass is 274 g/mol. The van der Waals surface area contributed by atoms with E-state index in [1.54, 1.807) is 12.1 Å². The van der Waals surface area contributed by atoms with Crippen LogP contribution in [0.15, 0.2) is 24.3 Å². The number of aryl methyl sites for hydroxylation is 1. The minimum absolute atomic E-state index is 0.0515. The summed E-state index contributed by atoms with van der Waals surface area (Å²) in [4.78, 5) is 14.5. The van der Waals surface area contributed by atoms with Gasteiger partial charge in [-0.05, 0) is 43.0 Å². The van der Waals surface area contributed by atoms with Crippen molar-refractivity contribution in [2.24, 2.45) is 13.0 Å². The average Bonchev–Trinajstić information content (AvgIpc) is 2.74. The minimum Gasteiger partial charge on any atom is -0.340 e. The minimum atomic E-state index is -0.270. The van der Waals surface area contributed by atoms with Crippen molar-refractivity contribution < 1.29 is 9.18 Å². The zero-order valence-electron chi connectivity index (χ0n) is 11.9. The Bertz CT molecular complexity index is 662. The van der Waals surface area contributed by atoms with Crippen molar-refractivity contribution in [1.29, 1.82) is 0 Å². The molecule has 1 aromatic carbocycles. The van der Waals surface area contributed by atoms with Crippen LogP contribution in [0, 0.1) is 11.7 Å². The van der Waals surface area contributed by atoms with E-state index in [1.165, 1.54) is 18.6 Å². The highest BCUT2D eigenvalue weighted by Crippen LogP contribution is 2.23. The molecular formula is C16H19FN2O. The molecule has 1 unspecified atom stereocenters. The summed E-state index contributed by atoms with van der Waals surface area (Å²) in [5.74, 6) is 0.337. The van der Waals surface area contributed by atoms with E-state index in [2.05, 4.69) is 6.92 Å². The molecule has 0 radical (unpaired) electrons. The van der Waals surface area contributed by atoms with E-state index in [0.29, 0.717) is 11.6 Å². The molecule has 106 valence electrons. The molecule has 2 aromatic rings. The maximum atomic E-state index is 13.3. The number of aromatic nitrogens is 1. The number of benzene rings is 1. The SMILES string of the molecule is CC1CCCN(C(=O)c2cc3cc(F)ccc3n2C)C1. The van der Waals surface area contributed by atoms with Gasteiger partial charge in [0.15, 0.2) is 0 Å². The van der Waals surface area contributed by atoms with Crippen LogP contribution in [0.5, 0.6) is 0 Å². The smallest absolute Gasteiger partial charge is 0.270 e. The summed E-state index contributed by atoms with van der Waals surface area (Å²) >= 11 is 0. The second kappa shape index (κ2) is 4.93. The molecular weight excluding hydrogens is 255 g/mol. The predicted molar refractivity (Wildman–Crippen MR) is 77.2 cm³/mol. The van der Waals surface area contributed by atoms with Crippen molar-refractivity contribution >= 4 is 16.8 Å². The molecule has 1 fully saturated rings. The van der Waals surface area contributed by atoms with E-state index in [-0.39, 0.29) is 11.7 Å². The fourth-order valence-corrected chi connectivity index (χ4v) is 3.06. The van der Waals surface area contributed by atoms with Crippen LogP contribution in [0.4, 0.5) is 4.39 Å². The summed E-state index contributed by atoms with van der Waals surface area (Å²) in [7, 11) is 1.86. The third-order valence-corrected chi connectivity index (χ3v) is 4.17. The first kappa shape index (κ1) is 13.2. The van der Waals surface area contributed by atoms with Gasteiger partial charge in [-0.25, -0.2) is 4.39 Å². The molecule has 3 nitrogen and oxygen atoms in total. The normalized spacial score (nSPS) is 19.6. The Morgan fingerprint density at radius 1 is 1.35 bits per heavy atom. The van der Waals surface area contributed by atoms with Gasteiger partial charge >= 0.3 is 0 Å². The first-order chi connectivity index (χ1) is 9.56. The maximum absolute atomic E-state index is 13.3. The zero-order chi connectivity index (χ0) is 14.3. The van der Waals surface area contributed by atoms with Crippen molar-refractivity contribution in [2.75, 3.05) is 13.1 Å². The summed E-state index contributed by atoms with van der Waals surface area (Å²) in [5, 5.41) is 0.779. The number of hydrogen-bond acceptors (Lipinski definition) is 1. The Morgan fingerprint density at radius 3 is 2.90 bits per heavy atom. The van der Waals surface area contributed by atoms with Crippen LogP contribution in [0.25, 0.3) is 10.9 Å². The Morgan fingerprint density at radius 2 is 2.15 bits per heavy atom. The van der Waals surface area contributed by atoms with Crippen LogP contribution in [0.3, 0.4) is 0 Å². The number of amides is 1. The van der Waals surface area contributed by atoms with Crippen LogP contribution < -0.4 is 0 Å². The lowest BCUT2D eigenvalue weighted by atomic mass is 10.00. The fourth-order valence-electron chi connectivity index (χ4n) is 3.06. The van der Waals surface area contributed by atoms with Gasteiger partial charge in [0.1, 0.15) is 11.5 Å². The Balaban J connectivity index is 1.97. The third-order valence-electron chi connectivity index (χ3n) is 4.17. The van der Waals surface area contributed by atoms with Crippen LogP contribution in [-0.4, -0.2) is 28.5 Å². The van der Waals surface area contributed by atoms with Crippen molar-refractivity contribution in [3.63, 3.8) is 0 Å². The molecule has 1 atom stereocenters. The standard InChI is InChI=1S/C16H19FN2O/c1-11-4-3-7-19(10-11)16(20)15-9-12-8-13(17)5-6-14(12)18(15)2/h5-6,8-9,11H,3-4,7,10H2,1-2H3. The van der Waals surface area contributed by atoms with Crippen molar-refractivity contribution in [2.45, 2.75) is 19.8 Å². The van der Waals surface area contributed by atoms with E-state index < -0.39 is 0 Å². The topological polar surface area (TPSA) is 25.2 Å². The van der Waals surface area contributed by atoms with Crippen LogP contribution in [-0.2, 0) is 7.05 Å². The van der Waals surface area contributed by atoms with Gasteiger partial charge in [-0.1, -0.05) is 6.92 Å². The highest BCUT2D eigenvalue weighted by atomic mass is 19.1. The van der Waals surface area contributed by atoms with E-state index in [9.17, 15) is 9.18 Å². The molecule has 0 aliphatic carbocycles. The van der Waals surface area contributed by atoms with E-state index >= 15 is 0 Å². The molecule has 0 N–H and O–H groups in total. The Kier molecular flexibility index (Phi) is 3.24. The molecule has 2 heterocycles. The average molecular weight is 274 g/mol. The molecule has 0 spiro atoms. The number of rotatable bonds is 1. The molecule has 1 aliphatic rings. The lowest BCUT2D eigenvalue weighted by molar-refractivity contribution is 0.0674. The lowest BCUT2D eigenvalue weighted by Gasteiger charge is -2.31. The number of halogens is 1. The third kappa shape index (κ3) is 2.19. The van der Waals surface area contributed by atoms with Gasteiger partial charge in [0.2, 0.25) is 0 Å². The summed E-state index contributed by atoms with van der Waals surface area (Å²) in [6.45, 7) is 3.81. The second-order valence-electron chi connectivity index (χ2n) is 5.79. The van der Waals surface area contributed by atoms with E-state index in [1.807, 2.05) is 16.5 Å². The van der Waals surface area contributed by atoms with Gasteiger partial charge in [0.05, 0.1) is 0 Å². The quantitative estimate of drug-likeness (QED) is 0.784. The summed E-state index contributed by atoms with van der Waals surface area (Å²) in [5.41, 5.74) is 1.53. The van der Waals surface area contributed by atoms with Crippen molar-refractivity contribution in [3.8, 4) is 0 Å². The van der Waals surface area contributed by atoms with Crippen LogP contribution >= 0.6 is 0 Å². The van der Waals surface area contributed by atoms with E-state index in [0.717, 1.165) is 30.4 Å². The van der Waals surface area contributed by atoms with Gasteiger partial charge in [0.25, 0.3) is 5.91 Å². The number of nitrogens with zero attached hydrogens (tertiary/aromatic N) is 2. The van der Waals surface area contributed by atoms with Crippen LogP contribution in [0.1, 0.15) is 30.3 Å². The Labute approximate surface area is 118 Å². The largest absolute Gasteiger partial charge is 0.340 e. The molecule has 0 saturated carbocycles. The number of carbonyl (C=O) groups excluding carboxylic acids is 1. The number of carbonyl (C=O) groups is 1. The number of likely N-dealkylation sites (tertiary alicyclic amines) is 1. The van der Waals surface area contributed by atoms with Crippen molar-refractivity contribution in [1.82, 2.24) is 9.47 Å². The molecule has 20 heavy (non-hydrogen) atoms. The number of piperidine rings is 1. The van der Waals surface area contributed by atoms with E-state index in [4.69, 9.17) is 0 Å². The van der Waals surface area contributed by atoms with Gasteiger partial charge in [-0.2, -0.15) is 0 Å². The lowest BCUT2D eigenvalue weighted by Crippen LogP contribution is -2.39. The highest BCUT2D eigenvalue weighted by Gasteiger charge is 2.24. The first-order valence-electron chi connectivity index (χ1n) is 7.10. The molecule has 1 saturated heterocycles. The molecule has 0 bridgehead atoms. The molecule has 1 aromatic heterocycles. The van der Waals surface area contributed by atoms with Gasteiger partial charge in [-0.3, -0.25) is 4.79 Å². The summed E-state index contributed by atoms with van der Waals surface area (Å²) in [6, 6.07) is 6.42. The number of hydrogen-bond donors (Lipinski definition) is 0. The fraction of sp³-hybridized carbons (Fsp3) is 0.438. The van der Waals surface area contributed by atoms with Crippen LogP contribution in [0.2, 0.25) is 0 Å². The zero-order valence-corrected chi connectivity index (χ0v) is 11.9. The highest BCUT2D eigenvalue weighted by molar-refractivity contribution is 5.98. The van der Waals surface area contributed by atoms with Gasteiger partial charge in [0, 0.05) is 31.0 Å². The van der Waals surface area contributed by atoms with Crippen molar-refractivity contribution in [3.05, 3.63) is 35.8 Å². The molecule has 1 amide bonds. The summed E-state index contributed by atoms with van der Waals surface area (Å²) < 4.78 is 15.1. The van der Waals surface area contributed by atoms with Gasteiger partial charge in [-0.15, -0.1) is 0 Å². The Hall–Kier alpha value is -1.84. The second-order valence-corrected chi connectivity index (χ2v) is 5.79. The predicted octanol–water partition coefficient (Wildman–Crippen LogP) is 3.19. The first-order valence-corrected chi connectivity index (χ1v) is 7.10. The summed E-state index contributed by atoms with van der Waals surface area (Å²) in [6.07, 6.45) is 2.25. The molecule has 1 aliphatic heterocycles.